The summed E-state index contributed by atoms with van der Waals surface area (Å²) in [7, 11) is 0. The lowest BCUT2D eigenvalue weighted by atomic mass is 9.98. The minimum absolute atomic E-state index is 0. The molecule has 0 aromatic heterocycles. The van der Waals surface area contributed by atoms with Gasteiger partial charge in [-0.25, -0.2) is 0 Å². The van der Waals surface area contributed by atoms with E-state index >= 15 is 0 Å². The van der Waals surface area contributed by atoms with E-state index in [4.69, 9.17) is 10.5 Å². The molecule has 0 radical (unpaired) electrons. The van der Waals surface area contributed by atoms with Gasteiger partial charge in [0.1, 0.15) is 5.75 Å². The van der Waals surface area contributed by atoms with Crippen LogP contribution in [0.2, 0.25) is 0 Å². The third-order valence-electron chi connectivity index (χ3n) is 5.60. The number of rotatable bonds is 4. The summed E-state index contributed by atoms with van der Waals surface area (Å²) in [4.78, 5) is 14.4. The van der Waals surface area contributed by atoms with E-state index in [0.717, 1.165) is 30.8 Å². The molecule has 1 aromatic rings. The van der Waals surface area contributed by atoms with E-state index in [0.29, 0.717) is 24.9 Å². The molecular formula is C19H29ClN2O2. The fourth-order valence-electron chi connectivity index (χ4n) is 4.07. The fourth-order valence-corrected chi connectivity index (χ4v) is 4.07. The lowest BCUT2D eigenvalue weighted by Crippen LogP contribution is -2.34. The van der Waals surface area contributed by atoms with E-state index in [1.165, 1.54) is 17.5 Å². The summed E-state index contributed by atoms with van der Waals surface area (Å²) < 4.78 is 5.87. The van der Waals surface area contributed by atoms with Crippen molar-refractivity contribution < 1.29 is 9.53 Å². The maximum absolute atomic E-state index is 12.4. The lowest BCUT2D eigenvalue weighted by molar-refractivity contribution is -0.131. The van der Waals surface area contributed by atoms with E-state index in [1.54, 1.807) is 0 Å². The molecule has 1 saturated heterocycles. The van der Waals surface area contributed by atoms with Gasteiger partial charge in [-0.05, 0) is 68.2 Å². The predicted octanol–water partition coefficient (Wildman–Crippen LogP) is 3.00. The minimum atomic E-state index is 0. The van der Waals surface area contributed by atoms with Crippen molar-refractivity contribution in [1.82, 2.24) is 4.90 Å². The molecule has 1 aliphatic heterocycles. The molecule has 24 heavy (non-hydrogen) atoms. The predicted molar refractivity (Wildman–Crippen MR) is 98.8 cm³/mol. The number of nitrogens with zero attached hydrogens (tertiary/aromatic N) is 1. The Bertz CT molecular complexity index is 605. The summed E-state index contributed by atoms with van der Waals surface area (Å²) in [6, 6.07) is 4.48. The standard InChI is InChI=1S/C19H28N2O2.ClH/c1-12-8-13(2)14(3)18(9-12)23-7-6-19(22)21-10-15-4-5-17(20)16(15)11-21;/h8-9,15-17H,4-7,10-11,20H2,1-3H3;1H. The van der Waals surface area contributed by atoms with Crippen LogP contribution in [0.3, 0.4) is 0 Å². The molecule has 1 heterocycles. The number of fused-ring (bicyclic) bond motifs is 1. The SMILES string of the molecule is Cc1cc(C)c(C)c(OCCC(=O)N2CC3CCC(N)C3C2)c1.Cl. The number of halogens is 1. The number of carbonyl (C=O) groups is 1. The molecule has 0 bridgehead atoms. The number of hydrogen-bond donors (Lipinski definition) is 1. The number of aryl methyl sites for hydroxylation is 2. The van der Waals surface area contributed by atoms with Crippen LogP contribution >= 0.6 is 12.4 Å². The summed E-state index contributed by atoms with van der Waals surface area (Å²) >= 11 is 0. The van der Waals surface area contributed by atoms with Crippen LogP contribution in [0.5, 0.6) is 5.75 Å². The van der Waals surface area contributed by atoms with Crippen LogP contribution in [0.4, 0.5) is 0 Å². The number of amides is 1. The van der Waals surface area contributed by atoms with Crippen molar-refractivity contribution in [2.75, 3.05) is 19.7 Å². The lowest BCUT2D eigenvalue weighted by Gasteiger charge is -2.19. The molecular weight excluding hydrogens is 324 g/mol. The number of benzene rings is 1. The maximum Gasteiger partial charge on any atom is 0.226 e. The highest BCUT2D eigenvalue weighted by Gasteiger charge is 2.42. The van der Waals surface area contributed by atoms with E-state index in [2.05, 4.69) is 26.8 Å². The average Bonchev–Trinajstić information content (AvgIpc) is 3.06. The third kappa shape index (κ3) is 3.86. The zero-order chi connectivity index (χ0) is 16.6. The Morgan fingerprint density at radius 2 is 2.00 bits per heavy atom. The zero-order valence-corrected chi connectivity index (χ0v) is 15.7. The number of nitrogens with two attached hydrogens (primary N) is 1. The van der Waals surface area contributed by atoms with E-state index in [1.807, 2.05) is 11.0 Å². The second-order valence-corrected chi connectivity index (χ2v) is 7.27. The average molecular weight is 353 g/mol. The van der Waals surface area contributed by atoms with Gasteiger partial charge in [-0.2, -0.15) is 0 Å². The highest BCUT2D eigenvalue weighted by atomic mass is 35.5. The zero-order valence-electron chi connectivity index (χ0n) is 14.9. The van der Waals surface area contributed by atoms with Crippen molar-refractivity contribution in [3.05, 3.63) is 28.8 Å². The van der Waals surface area contributed by atoms with E-state index < -0.39 is 0 Å². The summed E-state index contributed by atoms with van der Waals surface area (Å²) in [6.45, 7) is 8.39. The number of hydrogen-bond acceptors (Lipinski definition) is 3. The molecule has 134 valence electrons. The van der Waals surface area contributed by atoms with Crippen molar-refractivity contribution in [3.8, 4) is 5.75 Å². The quantitative estimate of drug-likeness (QED) is 0.906. The van der Waals surface area contributed by atoms with Crippen LogP contribution in [0, 0.1) is 32.6 Å². The van der Waals surface area contributed by atoms with Crippen molar-refractivity contribution in [1.29, 1.82) is 0 Å². The van der Waals surface area contributed by atoms with Crippen molar-refractivity contribution in [2.24, 2.45) is 17.6 Å². The number of likely N-dealkylation sites (tertiary alicyclic amines) is 1. The van der Waals surface area contributed by atoms with Crippen molar-refractivity contribution in [3.63, 3.8) is 0 Å². The summed E-state index contributed by atoms with van der Waals surface area (Å²) in [6.07, 6.45) is 2.74. The molecule has 2 fully saturated rings. The fraction of sp³-hybridized carbons (Fsp3) is 0.632. The summed E-state index contributed by atoms with van der Waals surface area (Å²) in [5, 5.41) is 0. The minimum Gasteiger partial charge on any atom is -0.493 e. The highest BCUT2D eigenvalue weighted by Crippen LogP contribution is 2.37. The van der Waals surface area contributed by atoms with Crippen LogP contribution in [0.15, 0.2) is 12.1 Å². The van der Waals surface area contributed by atoms with Crippen molar-refractivity contribution >= 4 is 18.3 Å². The molecule has 4 nitrogen and oxygen atoms in total. The molecule has 3 atom stereocenters. The first kappa shape index (κ1) is 19.1. The van der Waals surface area contributed by atoms with Crippen LogP contribution < -0.4 is 10.5 Å². The molecule has 2 N–H and O–H groups in total. The van der Waals surface area contributed by atoms with Gasteiger partial charge in [-0.1, -0.05) is 6.07 Å². The number of carbonyl (C=O) groups excluding carboxylic acids is 1. The topological polar surface area (TPSA) is 55.6 Å². The van der Waals surface area contributed by atoms with Gasteiger partial charge in [0.15, 0.2) is 0 Å². The van der Waals surface area contributed by atoms with Crippen LogP contribution in [0.25, 0.3) is 0 Å². The Hall–Kier alpha value is -1.26. The van der Waals surface area contributed by atoms with Gasteiger partial charge in [0.2, 0.25) is 5.91 Å². The van der Waals surface area contributed by atoms with Gasteiger partial charge in [0.25, 0.3) is 0 Å². The second-order valence-electron chi connectivity index (χ2n) is 7.27. The number of ether oxygens (including phenoxy) is 1. The maximum atomic E-state index is 12.4. The van der Waals surface area contributed by atoms with Crippen LogP contribution in [-0.2, 0) is 4.79 Å². The molecule has 1 amide bonds. The first-order valence-corrected chi connectivity index (χ1v) is 8.69. The van der Waals surface area contributed by atoms with Gasteiger partial charge in [-0.3, -0.25) is 4.79 Å². The van der Waals surface area contributed by atoms with Gasteiger partial charge < -0.3 is 15.4 Å². The smallest absolute Gasteiger partial charge is 0.226 e. The monoisotopic (exact) mass is 352 g/mol. The van der Waals surface area contributed by atoms with Gasteiger partial charge in [0.05, 0.1) is 13.0 Å². The third-order valence-corrected chi connectivity index (χ3v) is 5.60. The Morgan fingerprint density at radius 1 is 1.25 bits per heavy atom. The van der Waals surface area contributed by atoms with Gasteiger partial charge in [-0.15, -0.1) is 12.4 Å². The Balaban J connectivity index is 0.00000208. The van der Waals surface area contributed by atoms with Gasteiger partial charge in [0, 0.05) is 19.1 Å². The largest absolute Gasteiger partial charge is 0.493 e. The van der Waals surface area contributed by atoms with E-state index in [-0.39, 0.29) is 24.4 Å². The van der Waals surface area contributed by atoms with Crippen LogP contribution in [0.1, 0.15) is 36.0 Å². The molecule has 1 saturated carbocycles. The molecule has 3 rings (SSSR count). The Morgan fingerprint density at radius 3 is 2.71 bits per heavy atom. The first-order valence-electron chi connectivity index (χ1n) is 8.69. The van der Waals surface area contributed by atoms with E-state index in [9.17, 15) is 4.79 Å². The summed E-state index contributed by atoms with van der Waals surface area (Å²) in [5.74, 6) is 2.24. The molecule has 5 heteroatoms. The second kappa shape index (κ2) is 7.75. The highest BCUT2D eigenvalue weighted by molar-refractivity contribution is 5.85. The molecule has 3 unspecified atom stereocenters. The molecule has 2 aliphatic rings. The molecule has 0 spiro atoms. The van der Waals surface area contributed by atoms with Crippen LogP contribution in [-0.4, -0.2) is 36.5 Å². The molecule has 1 aromatic carbocycles. The van der Waals surface area contributed by atoms with Crippen molar-refractivity contribution in [2.45, 2.75) is 46.1 Å². The normalized spacial score (nSPS) is 25.3. The molecule has 1 aliphatic carbocycles. The Kier molecular flexibility index (Phi) is 6.16. The van der Waals surface area contributed by atoms with Gasteiger partial charge >= 0.3 is 0 Å². The summed E-state index contributed by atoms with van der Waals surface area (Å²) in [5.41, 5.74) is 9.72. The Labute approximate surface area is 151 Å². The first-order chi connectivity index (χ1) is 11.0.